The lowest BCUT2D eigenvalue weighted by Crippen LogP contribution is -2.61. The normalized spacial score (nSPS) is 44.3. The van der Waals surface area contributed by atoms with Gasteiger partial charge in [0.15, 0.2) is 12.6 Å². The zero-order valence-electron chi connectivity index (χ0n) is 38.7. The number of esters is 1. The van der Waals surface area contributed by atoms with E-state index in [0.717, 1.165) is 9.87 Å². The van der Waals surface area contributed by atoms with Crippen LogP contribution in [-0.2, 0) is 43.2 Å². The molecule has 1 aromatic carbocycles. The molecule has 1 aromatic rings. The van der Waals surface area contributed by atoms with Gasteiger partial charge in [-0.2, -0.15) is 4.31 Å². The molecule has 352 valence electrons. The summed E-state index contributed by atoms with van der Waals surface area (Å²) in [5, 5.41) is 59.1. The third kappa shape index (κ3) is 11.3. The quantitative estimate of drug-likeness (QED) is 0.226. The monoisotopic (exact) mass is 889 g/mol. The highest BCUT2D eigenvalue weighted by atomic mass is 32.2. The molecular weight excluding hydrogens is 813 g/mol. The van der Waals surface area contributed by atoms with Gasteiger partial charge in [-0.05, 0) is 99.8 Å². The van der Waals surface area contributed by atoms with Crippen LogP contribution in [0.2, 0.25) is 0 Å². The Morgan fingerprint density at radius 1 is 0.934 bits per heavy atom. The van der Waals surface area contributed by atoms with Crippen LogP contribution in [0.5, 0.6) is 0 Å². The van der Waals surface area contributed by atoms with E-state index in [4.69, 9.17) is 28.4 Å². The van der Waals surface area contributed by atoms with Crippen LogP contribution in [-0.4, -0.2) is 167 Å². The average molecular weight is 889 g/mol. The molecule has 3 heterocycles. The molecule has 18 atom stereocenters. The molecule has 0 radical (unpaired) electrons. The fourth-order valence-corrected chi connectivity index (χ4v) is 11.0. The van der Waals surface area contributed by atoms with Gasteiger partial charge in [-0.15, -0.1) is 0 Å². The number of methoxy groups -OCH3 is 1. The van der Waals surface area contributed by atoms with Crippen LogP contribution in [0.25, 0.3) is 0 Å². The maximum atomic E-state index is 14.4. The lowest BCUT2D eigenvalue weighted by molar-refractivity contribution is -0.317. The van der Waals surface area contributed by atoms with Gasteiger partial charge in [0.2, 0.25) is 10.0 Å². The predicted molar refractivity (Wildman–Crippen MR) is 227 cm³/mol. The first-order valence-electron chi connectivity index (χ1n) is 21.7. The molecule has 0 saturated carbocycles. The molecule has 4 rings (SSSR count). The Kier molecular flexibility index (Phi) is 17.1. The number of carbonyl (C=O) groups is 1. The smallest absolute Gasteiger partial charge is 0.311 e. The number of rotatable bonds is 9. The standard InChI is InChI=1S/C44H76N2O14S/c1-15-33-44(11,52)37(48)29(7)45(12)23-25(3)21-42(9,51)39(27(5)36(28(6)40(50)58-33)59-34-22-43(10,55-14)38(49)30(8)57-34)60-41-35(47)32(20-26(4)56-41)46(13)61(53,54)31-18-16-24(2)17-19-31/h16-19,25-30,32-39,41,47-49,51-52H,15,20-23H2,1-14H3/t25-,26?,27+,28+,29+,30?,32?,33-,34?,35?,36+,37+,38?,39-,41?,42+,43?,44?/m0/s1. The highest BCUT2D eigenvalue weighted by molar-refractivity contribution is 7.89. The Bertz CT molecular complexity index is 1700. The van der Waals surface area contributed by atoms with Crippen molar-refractivity contribution in [3.63, 3.8) is 0 Å². The highest BCUT2D eigenvalue weighted by Crippen LogP contribution is 2.40. The lowest BCUT2D eigenvalue weighted by Gasteiger charge is -2.48. The van der Waals surface area contributed by atoms with Crippen molar-refractivity contribution in [1.82, 2.24) is 9.21 Å². The third-order valence-corrected chi connectivity index (χ3v) is 15.6. The molecule has 17 heteroatoms. The molecule has 9 unspecified atom stereocenters. The summed E-state index contributed by atoms with van der Waals surface area (Å²) in [4.78, 5) is 16.3. The number of nitrogens with zero attached hydrogens (tertiary/aromatic N) is 2. The second-order valence-corrected chi connectivity index (χ2v) is 21.0. The van der Waals surface area contributed by atoms with E-state index in [1.54, 1.807) is 74.6 Å². The minimum absolute atomic E-state index is 0.0626. The number of likely N-dealkylation sites (N-methyl/N-ethyl adjacent to an activating group) is 2. The summed E-state index contributed by atoms with van der Waals surface area (Å²) >= 11 is 0. The van der Waals surface area contributed by atoms with E-state index in [9.17, 15) is 38.7 Å². The van der Waals surface area contributed by atoms with Gasteiger partial charge < -0.3 is 58.9 Å². The number of aliphatic hydroxyl groups excluding tert-OH is 3. The van der Waals surface area contributed by atoms with Crippen LogP contribution >= 0.6 is 0 Å². The summed E-state index contributed by atoms with van der Waals surface area (Å²) in [6, 6.07) is 4.84. The highest BCUT2D eigenvalue weighted by Gasteiger charge is 2.53. The molecule has 0 bridgehead atoms. The summed E-state index contributed by atoms with van der Waals surface area (Å²) in [6.45, 7) is 19.2. The van der Waals surface area contributed by atoms with Crippen molar-refractivity contribution in [2.24, 2.45) is 17.8 Å². The van der Waals surface area contributed by atoms with Crippen molar-refractivity contribution in [1.29, 1.82) is 0 Å². The molecule has 0 aliphatic carbocycles. The second kappa shape index (κ2) is 20.1. The number of aliphatic hydroxyl groups is 5. The molecular formula is C44H76N2O14S. The molecule has 3 saturated heterocycles. The van der Waals surface area contributed by atoms with Gasteiger partial charge in [-0.3, -0.25) is 4.79 Å². The summed E-state index contributed by atoms with van der Waals surface area (Å²) in [5.41, 5.74) is -3.78. The molecule has 61 heavy (non-hydrogen) atoms. The van der Waals surface area contributed by atoms with Gasteiger partial charge in [-0.1, -0.05) is 38.5 Å². The van der Waals surface area contributed by atoms with Gasteiger partial charge in [0, 0.05) is 39.1 Å². The molecule has 16 nitrogen and oxygen atoms in total. The minimum atomic E-state index is -4.07. The van der Waals surface area contributed by atoms with Gasteiger partial charge >= 0.3 is 5.97 Å². The molecule has 0 aromatic heterocycles. The first kappa shape index (κ1) is 51.8. The Morgan fingerprint density at radius 3 is 2.11 bits per heavy atom. The second-order valence-electron chi connectivity index (χ2n) is 19.0. The van der Waals surface area contributed by atoms with Crippen molar-refractivity contribution in [2.75, 3.05) is 27.7 Å². The number of aryl methyl sites for hydroxylation is 1. The van der Waals surface area contributed by atoms with E-state index in [1.807, 2.05) is 18.7 Å². The number of benzene rings is 1. The SMILES string of the molecule is CC[C@@H]1OC(=O)[C@H](C)[C@H](OC2CC(C)(OC)C(O)C(C)O2)[C@@H](C)[C@H](OC2OC(C)CC(N(C)S(=O)(=O)c3ccc(C)cc3)C2O)[C@](C)(O)C[C@H](C)CN(C)[C@H](C)[C@@H](O)C1(C)O. The fraction of sp³-hybridized carbons (Fsp3) is 0.841. The van der Waals surface area contributed by atoms with Crippen molar-refractivity contribution in [3.05, 3.63) is 29.8 Å². The van der Waals surface area contributed by atoms with Crippen molar-refractivity contribution in [3.8, 4) is 0 Å². The summed E-state index contributed by atoms with van der Waals surface area (Å²) in [7, 11) is 0.609. The average Bonchev–Trinajstić information content (AvgIpc) is 3.18. The topological polar surface area (TPSA) is 214 Å². The first-order valence-corrected chi connectivity index (χ1v) is 23.2. The number of hydrogen-bond donors (Lipinski definition) is 5. The summed E-state index contributed by atoms with van der Waals surface area (Å²) in [6.07, 6.45) is -10.7. The Morgan fingerprint density at radius 2 is 1.54 bits per heavy atom. The van der Waals surface area contributed by atoms with E-state index in [-0.39, 0.29) is 36.5 Å². The van der Waals surface area contributed by atoms with Gasteiger partial charge in [0.05, 0.1) is 52.5 Å². The number of cyclic esters (lactones) is 1. The molecule has 3 aliphatic rings. The number of carbonyl (C=O) groups excluding carboxylic acids is 1. The third-order valence-electron chi connectivity index (χ3n) is 13.7. The molecule has 0 amide bonds. The molecule has 0 spiro atoms. The van der Waals surface area contributed by atoms with E-state index >= 15 is 0 Å². The zero-order valence-corrected chi connectivity index (χ0v) is 39.5. The maximum Gasteiger partial charge on any atom is 0.311 e. The van der Waals surface area contributed by atoms with Crippen molar-refractivity contribution >= 4 is 16.0 Å². The van der Waals surface area contributed by atoms with Crippen molar-refractivity contribution in [2.45, 2.75) is 197 Å². The molecule has 3 aliphatic heterocycles. The van der Waals surface area contributed by atoms with Crippen LogP contribution in [0, 0.1) is 24.7 Å². The van der Waals surface area contributed by atoms with E-state index in [1.165, 1.54) is 33.2 Å². The van der Waals surface area contributed by atoms with Crippen LogP contribution in [0.4, 0.5) is 0 Å². The van der Waals surface area contributed by atoms with Gasteiger partial charge in [0.25, 0.3) is 0 Å². The molecule has 5 N–H and O–H groups in total. The Balaban J connectivity index is 1.83. The van der Waals surface area contributed by atoms with E-state index in [0.29, 0.717) is 6.54 Å². The van der Waals surface area contributed by atoms with Crippen LogP contribution in [0.3, 0.4) is 0 Å². The number of sulfonamides is 1. The minimum Gasteiger partial charge on any atom is -0.459 e. The first-order chi connectivity index (χ1) is 28.1. The van der Waals surface area contributed by atoms with E-state index in [2.05, 4.69) is 0 Å². The Labute approximate surface area is 363 Å². The van der Waals surface area contributed by atoms with Crippen LogP contribution in [0.15, 0.2) is 29.2 Å². The predicted octanol–water partition coefficient (Wildman–Crippen LogP) is 2.97. The van der Waals surface area contributed by atoms with Crippen LogP contribution < -0.4 is 0 Å². The zero-order chi connectivity index (χ0) is 46.2. The van der Waals surface area contributed by atoms with Crippen molar-refractivity contribution < 1.29 is 67.2 Å². The van der Waals surface area contributed by atoms with E-state index < -0.39 is 118 Å². The van der Waals surface area contributed by atoms with Gasteiger partial charge in [0.1, 0.15) is 30.0 Å². The fourth-order valence-electron chi connectivity index (χ4n) is 9.64. The van der Waals surface area contributed by atoms with Gasteiger partial charge in [-0.25, -0.2) is 8.42 Å². The molecule has 3 fully saturated rings. The maximum absolute atomic E-state index is 14.4. The lowest BCUT2D eigenvalue weighted by atomic mass is 9.77. The summed E-state index contributed by atoms with van der Waals surface area (Å²) < 4.78 is 66.6. The summed E-state index contributed by atoms with van der Waals surface area (Å²) in [5.74, 6) is -3.03. The van der Waals surface area contributed by atoms with Crippen LogP contribution in [0.1, 0.15) is 100 Å². The number of hydrogen-bond acceptors (Lipinski definition) is 15. The Hall–Kier alpha value is -1.84. The largest absolute Gasteiger partial charge is 0.459 e. The number of ether oxygens (including phenoxy) is 6.